The summed E-state index contributed by atoms with van der Waals surface area (Å²) in [5.41, 5.74) is 0.386. The summed E-state index contributed by atoms with van der Waals surface area (Å²) in [4.78, 5) is 23.1. The molecule has 36 heavy (non-hydrogen) atoms. The summed E-state index contributed by atoms with van der Waals surface area (Å²) in [6.07, 6.45) is -2.96. The highest BCUT2D eigenvalue weighted by Gasteiger charge is 2.54. The van der Waals surface area contributed by atoms with E-state index in [9.17, 15) is 22.4 Å². The Morgan fingerprint density at radius 1 is 1.03 bits per heavy atom. The number of halogens is 4. The van der Waals surface area contributed by atoms with Crippen LogP contribution in [0.2, 0.25) is 0 Å². The van der Waals surface area contributed by atoms with Crippen LogP contribution in [0, 0.1) is 11.2 Å². The first-order valence-electron chi connectivity index (χ1n) is 11.3. The van der Waals surface area contributed by atoms with Crippen molar-refractivity contribution in [2.24, 2.45) is 5.41 Å². The molecule has 0 saturated carbocycles. The van der Waals surface area contributed by atoms with Crippen LogP contribution in [0.1, 0.15) is 19.7 Å². The molecule has 8 nitrogen and oxygen atoms in total. The van der Waals surface area contributed by atoms with Crippen molar-refractivity contribution in [3.8, 4) is 22.6 Å². The van der Waals surface area contributed by atoms with Crippen LogP contribution in [-0.2, 0) is 17.9 Å². The number of amides is 1. The van der Waals surface area contributed by atoms with Gasteiger partial charge in [0, 0.05) is 25.7 Å². The summed E-state index contributed by atoms with van der Waals surface area (Å²) < 4.78 is 57.6. The first-order chi connectivity index (χ1) is 17.0. The third-order valence-electron chi connectivity index (χ3n) is 6.44. The number of nitrogens with zero attached hydrogens (tertiary/aromatic N) is 6. The van der Waals surface area contributed by atoms with Gasteiger partial charge in [0.15, 0.2) is 5.65 Å². The van der Waals surface area contributed by atoms with Crippen molar-refractivity contribution in [2.75, 3.05) is 18.9 Å². The van der Waals surface area contributed by atoms with Crippen molar-refractivity contribution in [3.63, 3.8) is 0 Å². The van der Waals surface area contributed by atoms with Gasteiger partial charge in [0.1, 0.15) is 28.6 Å². The minimum Gasteiger partial charge on any atom is -0.372 e. The third-order valence-corrected chi connectivity index (χ3v) is 6.44. The number of carbonyl (C=O) groups is 1. The number of nitrogens with one attached hydrogen (secondary N) is 1. The summed E-state index contributed by atoms with van der Waals surface area (Å²) in [7, 11) is 1.75. The van der Waals surface area contributed by atoms with E-state index < -0.39 is 23.3 Å². The molecule has 1 aromatic carbocycles. The molecule has 0 atom stereocenters. The van der Waals surface area contributed by atoms with Crippen molar-refractivity contribution >= 4 is 17.4 Å². The lowest BCUT2D eigenvalue weighted by atomic mass is 9.90. The maximum absolute atomic E-state index is 13.6. The fourth-order valence-electron chi connectivity index (χ4n) is 4.22. The Labute approximate surface area is 203 Å². The molecule has 0 spiro atoms. The molecule has 4 aromatic rings. The quantitative estimate of drug-likeness (QED) is 0.420. The van der Waals surface area contributed by atoms with Crippen LogP contribution in [0.5, 0.6) is 0 Å². The van der Waals surface area contributed by atoms with Crippen molar-refractivity contribution in [1.82, 2.24) is 29.0 Å². The van der Waals surface area contributed by atoms with Crippen molar-refractivity contribution in [1.29, 1.82) is 0 Å². The van der Waals surface area contributed by atoms with Crippen LogP contribution >= 0.6 is 0 Å². The van der Waals surface area contributed by atoms with Crippen LogP contribution in [0.25, 0.3) is 28.3 Å². The lowest BCUT2D eigenvalue weighted by Crippen LogP contribution is -2.50. The number of hydrogen-bond donors (Lipinski definition) is 1. The molecule has 1 aliphatic rings. The molecule has 1 amide bonds. The Hall–Kier alpha value is -3.96. The van der Waals surface area contributed by atoms with Gasteiger partial charge in [-0.1, -0.05) is 0 Å². The van der Waals surface area contributed by atoms with Gasteiger partial charge in [-0.05, 0) is 50.2 Å². The minimum absolute atomic E-state index is 0.0782. The number of benzene rings is 1. The van der Waals surface area contributed by atoms with Gasteiger partial charge in [0.25, 0.3) is 0 Å². The molecule has 1 N–H and O–H groups in total. The van der Waals surface area contributed by atoms with E-state index in [2.05, 4.69) is 15.4 Å². The molecular weight excluding hydrogens is 478 g/mol. The molecule has 0 radical (unpaired) electrons. The molecule has 5 rings (SSSR count). The second kappa shape index (κ2) is 8.32. The number of alkyl halides is 3. The summed E-state index contributed by atoms with van der Waals surface area (Å²) in [5.74, 6) is -0.361. The van der Waals surface area contributed by atoms with E-state index in [1.54, 1.807) is 42.0 Å². The van der Waals surface area contributed by atoms with Gasteiger partial charge in [0.2, 0.25) is 5.91 Å². The summed E-state index contributed by atoms with van der Waals surface area (Å²) >= 11 is 0. The topological polar surface area (TPSA) is 80.4 Å². The first-order valence-corrected chi connectivity index (χ1v) is 11.3. The Balaban J connectivity index is 1.61. The number of imidazole rings is 2. The summed E-state index contributed by atoms with van der Waals surface area (Å²) in [5, 5.41) is 7.63. The second-order valence-corrected chi connectivity index (χ2v) is 9.13. The SMILES string of the molecule is CNc1cn2nc(-c3c(-c4ccc(F)cc4)nc4n3CCN(C(=O)C(C)(C)C(F)(F)F)C4)ccc2n1. The smallest absolute Gasteiger partial charge is 0.372 e. The average molecular weight is 501 g/mol. The Kier molecular flexibility index (Phi) is 5.49. The van der Waals surface area contributed by atoms with Gasteiger partial charge in [0.05, 0.1) is 24.1 Å². The largest absolute Gasteiger partial charge is 0.402 e. The predicted molar refractivity (Wildman–Crippen MR) is 124 cm³/mol. The number of rotatable bonds is 4. The lowest BCUT2D eigenvalue weighted by molar-refractivity contribution is -0.218. The standard InChI is InChI=1S/C24H23F4N7O/c1-23(2,24(26,27)28)22(36)33-10-11-34-19(13-33)31-20(14-4-6-15(25)7-5-14)21(34)16-8-9-18-30-17(29-3)12-35(18)32-16/h4-9,12,29H,10-11,13H2,1-3H3. The molecule has 0 fully saturated rings. The van der Waals surface area contributed by atoms with Crippen LogP contribution in [0.15, 0.2) is 42.6 Å². The first kappa shape index (κ1) is 23.8. The molecule has 0 unspecified atom stereocenters. The van der Waals surface area contributed by atoms with E-state index in [1.807, 2.05) is 4.57 Å². The predicted octanol–water partition coefficient (Wildman–Crippen LogP) is 4.37. The number of anilines is 1. The molecular formula is C24H23F4N7O. The molecule has 3 aromatic heterocycles. The maximum Gasteiger partial charge on any atom is 0.402 e. The van der Waals surface area contributed by atoms with Crippen LogP contribution in [-0.4, -0.2) is 54.7 Å². The fraction of sp³-hybridized carbons (Fsp3) is 0.333. The molecule has 12 heteroatoms. The Morgan fingerprint density at radius 3 is 2.42 bits per heavy atom. The Bertz CT molecular complexity index is 1450. The molecule has 0 bridgehead atoms. The van der Waals surface area contributed by atoms with Gasteiger partial charge in [-0.3, -0.25) is 4.79 Å². The van der Waals surface area contributed by atoms with Crippen molar-refractivity contribution < 1.29 is 22.4 Å². The number of hydrogen-bond acceptors (Lipinski definition) is 5. The van der Waals surface area contributed by atoms with Gasteiger partial charge in [-0.15, -0.1) is 0 Å². The maximum atomic E-state index is 13.6. The number of carbonyl (C=O) groups excluding carboxylic acids is 1. The molecule has 188 valence electrons. The summed E-state index contributed by atoms with van der Waals surface area (Å²) in [6, 6.07) is 9.36. The minimum atomic E-state index is -4.68. The highest BCUT2D eigenvalue weighted by molar-refractivity contribution is 5.83. The molecule has 1 aliphatic heterocycles. The normalized spacial score (nSPS) is 14.2. The van der Waals surface area contributed by atoms with Gasteiger partial charge < -0.3 is 14.8 Å². The molecule has 0 aliphatic carbocycles. The van der Waals surface area contributed by atoms with Crippen LogP contribution in [0.4, 0.5) is 23.4 Å². The van der Waals surface area contributed by atoms with E-state index in [-0.39, 0.29) is 19.6 Å². The zero-order valence-electron chi connectivity index (χ0n) is 19.8. The van der Waals surface area contributed by atoms with E-state index in [1.165, 1.54) is 17.0 Å². The van der Waals surface area contributed by atoms with E-state index in [0.29, 0.717) is 39.9 Å². The van der Waals surface area contributed by atoms with Crippen molar-refractivity contribution in [2.45, 2.75) is 33.1 Å². The van der Waals surface area contributed by atoms with Gasteiger partial charge >= 0.3 is 6.18 Å². The number of fused-ring (bicyclic) bond motifs is 2. The van der Waals surface area contributed by atoms with E-state index >= 15 is 0 Å². The molecule has 0 saturated heterocycles. The average Bonchev–Trinajstić information content (AvgIpc) is 3.43. The fourth-order valence-corrected chi connectivity index (χ4v) is 4.22. The highest BCUT2D eigenvalue weighted by Crippen LogP contribution is 2.40. The van der Waals surface area contributed by atoms with E-state index in [0.717, 1.165) is 13.8 Å². The highest BCUT2D eigenvalue weighted by atomic mass is 19.4. The zero-order chi connectivity index (χ0) is 25.8. The summed E-state index contributed by atoms with van der Waals surface area (Å²) in [6.45, 7) is 1.98. The van der Waals surface area contributed by atoms with Gasteiger partial charge in [-0.2, -0.15) is 18.3 Å². The monoisotopic (exact) mass is 501 g/mol. The Morgan fingerprint density at radius 2 is 1.75 bits per heavy atom. The van der Waals surface area contributed by atoms with Crippen LogP contribution in [0.3, 0.4) is 0 Å². The number of aromatic nitrogens is 5. The lowest BCUT2D eigenvalue weighted by Gasteiger charge is -2.35. The van der Waals surface area contributed by atoms with Gasteiger partial charge in [-0.25, -0.2) is 18.9 Å². The third kappa shape index (κ3) is 3.86. The molecule has 4 heterocycles. The zero-order valence-corrected chi connectivity index (χ0v) is 19.8. The second-order valence-electron chi connectivity index (χ2n) is 9.13. The van der Waals surface area contributed by atoms with Crippen LogP contribution < -0.4 is 5.32 Å². The van der Waals surface area contributed by atoms with E-state index in [4.69, 9.17) is 4.98 Å². The van der Waals surface area contributed by atoms with Crippen molar-refractivity contribution in [3.05, 3.63) is 54.2 Å².